The Bertz CT molecular complexity index is 517. The lowest BCUT2D eigenvalue weighted by Gasteiger charge is -2.17. The summed E-state index contributed by atoms with van der Waals surface area (Å²) in [5.74, 6) is 0.248. The van der Waals surface area contributed by atoms with Gasteiger partial charge < -0.3 is 10.6 Å². The lowest BCUT2D eigenvalue weighted by atomic mass is 10.00. The second-order valence-electron chi connectivity index (χ2n) is 5.36. The number of rotatable bonds is 7. The molecule has 1 rings (SSSR count). The summed E-state index contributed by atoms with van der Waals surface area (Å²) in [5.41, 5.74) is 0.598. The molecule has 6 nitrogen and oxygen atoms in total. The van der Waals surface area contributed by atoms with Crippen molar-refractivity contribution in [2.45, 2.75) is 39.7 Å². The van der Waals surface area contributed by atoms with Gasteiger partial charge in [0.1, 0.15) is 5.69 Å². The van der Waals surface area contributed by atoms with E-state index >= 15 is 0 Å². The maximum atomic E-state index is 12.1. The van der Waals surface area contributed by atoms with Crippen LogP contribution in [0.3, 0.4) is 0 Å². The molecule has 116 valence electrons. The first-order valence-corrected chi connectivity index (χ1v) is 7.16. The smallest absolute Gasteiger partial charge is 0.293 e. The molecular formula is C15H23N3O3. The normalized spacial score (nSPS) is 13.3. The highest BCUT2D eigenvalue weighted by molar-refractivity contribution is 5.95. The average Bonchev–Trinajstić information content (AvgIpc) is 2.45. The fourth-order valence-electron chi connectivity index (χ4n) is 2.17. The Morgan fingerprint density at radius 1 is 1.38 bits per heavy atom. The molecule has 0 saturated carbocycles. The van der Waals surface area contributed by atoms with Gasteiger partial charge in [-0.3, -0.25) is 14.9 Å². The van der Waals surface area contributed by atoms with Crippen molar-refractivity contribution in [2.24, 2.45) is 5.92 Å². The highest BCUT2D eigenvalue weighted by Gasteiger charge is 2.18. The number of benzene rings is 1. The number of hydrogen-bond donors (Lipinski definition) is 2. The molecule has 1 aromatic carbocycles. The third-order valence-electron chi connectivity index (χ3n) is 3.56. The van der Waals surface area contributed by atoms with Crippen LogP contribution < -0.4 is 10.6 Å². The topological polar surface area (TPSA) is 84.3 Å². The Balaban J connectivity index is 2.83. The molecule has 0 saturated heterocycles. The van der Waals surface area contributed by atoms with Gasteiger partial charge in [0.2, 0.25) is 0 Å². The summed E-state index contributed by atoms with van der Waals surface area (Å²) in [6.07, 6.45) is 1.95. The minimum atomic E-state index is -0.495. The Hall–Kier alpha value is -2.11. The fraction of sp³-hybridized carbons (Fsp3) is 0.533. The maximum absolute atomic E-state index is 12.1. The number of carbonyl (C=O) groups excluding carboxylic acids is 1. The SMILES string of the molecule is CCC(C)CC(C)NC(=O)c1ccc(NC)c([N+](=O)[O-])c1. The van der Waals surface area contributed by atoms with Crippen LogP contribution in [0.5, 0.6) is 0 Å². The van der Waals surface area contributed by atoms with Crippen LogP contribution in [0, 0.1) is 16.0 Å². The van der Waals surface area contributed by atoms with Crippen LogP contribution in [0.25, 0.3) is 0 Å². The monoisotopic (exact) mass is 293 g/mol. The van der Waals surface area contributed by atoms with Crippen LogP contribution in [0.4, 0.5) is 11.4 Å². The standard InChI is InChI=1S/C15H23N3O3/c1-5-10(2)8-11(3)17-15(19)12-6-7-13(16-4)14(9-12)18(20)21/h6-7,9-11,16H,5,8H2,1-4H3,(H,17,19). The number of carbonyl (C=O) groups is 1. The van der Waals surface area contributed by atoms with E-state index in [0.29, 0.717) is 17.2 Å². The molecule has 21 heavy (non-hydrogen) atoms. The van der Waals surface area contributed by atoms with Gasteiger partial charge in [0, 0.05) is 24.7 Å². The Morgan fingerprint density at radius 2 is 2.05 bits per heavy atom. The van der Waals surface area contributed by atoms with Crippen molar-refractivity contribution >= 4 is 17.3 Å². The molecule has 6 heteroatoms. The summed E-state index contributed by atoms with van der Waals surface area (Å²) in [6, 6.07) is 4.48. The van der Waals surface area contributed by atoms with E-state index in [1.54, 1.807) is 19.2 Å². The lowest BCUT2D eigenvalue weighted by Crippen LogP contribution is -2.33. The zero-order valence-electron chi connectivity index (χ0n) is 13.0. The minimum Gasteiger partial charge on any atom is -0.383 e. The molecular weight excluding hydrogens is 270 g/mol. The molecule has 2 atom stereocenters. The van der Waals surface area contributed by atoms with Crippen LogP contribution >= 0.6 is 0 Å². The number of nitrogens with zero attached hydrogens (tertiary/aromatic N) is 1. The van der Waals surface area contributed by atoms with Gasteiger partial charge in [0.15, 0.2) is 0 Å². The quantitative estimate of drug-likeness (QED) is 0.597. The van der Waals surface area contributed by atoms with Crippen molar-refractivity contribution in [3.8, 4) is 0 Å². The fourth-order valence-corrected chi connectivity index (χ4v) is 2.17. The molecule has 0 spiro atoms. The van der Waals surface area contributed by atoms with Crippen molar-refractivity contribution in [1.82, 2.24) is 5.32 Å². The number of amides is 1. The second kappa shape index (κ2) is 7.61. The van der Waals surface area contributed by atoms with E-state index in [1.165, 1.54) is 6.07 Å². The molecule has 2 unspecified atom stereocenters. The largest absolute Gasteiger partial charge is 0.383 e. The van der Waals surface area contributed by atoms with Gasteiger partial charge >= 0.3 is 0 Å². The molecule has 0 radical (unpaired) electrons. The van der Waals surface area contributed by atoms with Gasteiger partial charge in [-0.05, 0) is 31.4 Å². The third kappa shape index (κ3) is 4.73. The van der Waals surface area contributed by atoms with Gasteiger partial charge in [0.05, 0.1) is 4.92 Å². The number of nitro groups is 1. The summed E-state index contributed by atoms with van der Waals surface area (Å²) in [7, 11) is 1.61. The number of anilines is 1. The van der Waals surface area contributed by atoms with Crippen LogP contribution in [-0.4, -0.2) is 23.9 Å². The van der Waals surface area contributed by atoms with Gasteiger partial charge in [-0.15, -0.1) is 0 Å². The van der Waals surface area contributed by atoms with Gasteiger partial charge in [-0.2, -0.15) is 0 Å². The second-order valence-corrected chi connectivity index (χ2v) is 5.36. The van der Waals surface area contributed by atoms with Gasteiger partial charge in [-0.25, -0.2) is 0 Å². The number of nitrogens with one attached hydrogen (secondary N) is 2. The third-order valence-corrected chi connectivity index (χ3v) is 3.56. The first-order valence-electron chi connectivity index (χ1n) is 7.16. The van der Waals surface area contributed by atoms with Gasteiger partial charge in [-0.1, -0.05) is 20.3 Å². The molecule has 1 aromatic rings. The first-order chi connectivity index (χ1) is 9.88. The highest BCUT2D eigenvalue weighted by atomic mass is 16.6. The van der Waals surface area contributed by atoms with E-state index in [9.17, 15) is 14.9 Å². The molecule has 1 amide bonds. The lowest BCUT2D eigenvalue weighted by molar-refractivity contribution is -0.384. The molecule has 0 aliphatic carbocycles. The average molecular weight is 293 g/mol. The molecule has 0 heterocycles. The van der Waals surface area contributed by atoms with Crippen molar-refractivity contribution in [1.29, 1.82) is 0 Å². The van der Waals surface area contributed by atoms with Crippen LogP contribution in [0.2, 0.25) is 0 Å². The molecule has 2 N–H and O–H groups in total. The summed E-state index contributed by atoms with van der Waals surface area (Å²) in [4.78, 5) is 22.6. The van der Waals surface area contributed by atoms with Crippen LogP contribution in [-0.2, 0) is 0 Å². The van der Waals surface area contributed by atoms with E-state index in [0.717, 1.165) is 12.8 Å². The molecule has 0 aliphatic heterocycles. The number of nitro benzene ring substituents is 1. The van der Waals surface area contributed by atoms with Crippen LogP contribution in [0.15, 0.2) is 18.2 Å². The maximum Gasteiger partial charge on any atom is 0.293 e. The van der Waals surface area contributed by atoms with E-state index in [-0.39, 0.29) is 17.6 Å². The van der Waals surface area contributed by atoms with Crippen LogP contribution in [0.1, 0.15) is 44.0 Å². The van der Waals surface area contributed by atoms with E-state index in [1.807, 2.05) is 6.92 Å². The Morgan fingerprint density at radius 3 is 2.57 bits per heavy atom. The Kier molecular flexibility index (Phi) is 6.14. The molecule has 0 bridgehead atoms. The highest BCUT2D eigenvalue weighted by Crippen LogP contribution is 2.25. The van der Waals surface area contributed by atoms with Crippen molar-refractivity contribution in [3.05, 3.63) is 33.9 Å². The molecule has 0 fully saturated rings. The van der Waals surface area contributed by atoms with E-state index in [2.05, 4.69) is 24.5 Å². The summed E-state index contributed by atoms with van der Waals surface area (Å²) >= 11 is 0. The van der Waals surface area contributed by atoms with E-state index in [4.69, 9.17) is 0 Å². The van der Waals surface area contributed by atoms with Crippen molar-refractivity contribution in [3.63, 3.8) is 0 Å². The predicted octanol–water partition coefficient (Wildman–Crippen LogP) is 3.19. The van der Waals surface area contributed by atoms with Crippen molar-refractivity contribution in [2.75, 3.05) is 12.4 Å². The first kappa shape index (κ1) is 16.9. The zero-order valence-corrected chi connectivity index (χ0v) is 13.0. The summed E-state index contributed by atoms with van der Waals surface area (Å²) in [5, 5.41) is 16.6. The number of hydrogen-bond acceptors (Lipinski definition) is 4. The predicted molar refractivity (Wildman–Crippen MR) is 83.6 cm³/mol. The summed E-state index contributed by atoms with van der Waals surface area (Å²) in [6.45, 7) is 6.19. The minimum absolute atomic E-state index is 0.0375. The van der Waals surface area contributed by atoms with E-state index < -0.39 is 4.92 Å². The van der Waals surface area contributed by atoms with Crippen molar-refractivity contribution < 1.29 is 9.72 Å². The molecule has 0 aromatic heterocycles. The van der Waals surface area contributed by atoms with Gasteiger partial charge in [0.25, 0.3) is 11.6 Å². The Labute approximate surface area is 125 Å². The molecule has 0 aliphatic rings. The zero-order chi connectivity index (χ0) is 16.0. The summed E-state index contributed by atoms with van der Waals surface area (Å²) < 4.78 is 0.